The largest absolute Gasteiger partial charge is 0.460 e. The fourth-order valence-electron chi connectivity index (χ4n) is 1.30. The Hall–Kier alpha value is -0.530. The van der Waals surface area contributed by atoms with Crippen LogP contribution in [0, 0.1) is 0 Å². The molecule has 0 bridgehead atoms. The molecular weight excluding hydrogens is 188 g/mol. The van der Waals surface area contributed by atoms with Crippen molar-refractivity contribution in [2.24, 2.45) is 0 Å². The van der Waals surface area contributed by atoms with Crippen molar-refractivity contribution < 1.29 is 9.53 Å². The van der Waals surface area contributed by atoms with E-state index < -0.39 is 0 Å². The molecule has 0 heterocycles. The maximum absolute atomic E-state index is 11.4. The Morgan fingerprint density at radius 2 is 1.67 bits per heavy atom. The average Bonchev–Trinajstić information content (AvgIpc) is 2.17. The minimum Gasteiger partial charge on any atom is -0.460 e. The van der Waals surface area contributed by atoms with Crippen LogP contribution >= 0.6 is 0 Å². The third-order valence-corrected chi connectivity index (χ3v) is 2.73. The van der Waals surface area contributed by atoms with Gasteiger partial charge in [-0.15, -0.1) is 0 Å². The third-order valence-electron chi connectivity index (χ3n) is 2.73. The molecule has 2 nitrogen and oxygen atoms in total. The van der Waals surface area contributed by atoms with Crippen LogP contribution in [-0.4, -0.2) is 11.6 Å². The second-order valence-corrected chi connectivity index (χ2v) is 4.75. The summed E-state index contributed by atoms with van der Waals surface area (Å²) in [6.45, 7) is 8.15. The summed E-state index contributed by atoms with van der Waals surface area (Å²) in [6, 6.07) is 0. The van der Waals surface area contributed by atoms with E-state index in [-0.39, 0.29) is 11.6 Å². The van der Waals surface area contributed by atoms with Crippen LogP contribution in [-0.2, 0) is 9.53 Å². The number of hydrogen-bond donors (Lipinski definition) is 0. The Balaban J connectivity index is 3.49. The first-order chi connectivity index (χ1) is 7.02. The predicted octanol–water partition coefficient (Wildman–Crippen LogP) is 4.08. The van der Waals surface area contributed by atoms with Crippen molar-refractivity contribution in [3.05, 3.63) is 0 Å². The van der Waals surface area contributed by atoms with E-state index in [4.69, 9.17) is 4.74 Å². The number of carbonyl (C=O) groups excluding carboxylic acids is 1. The summed E-state index contributed by atoms with van der Waals surface area (Å²) in [5, 5.41) is 0. The third kappa shape index (κ3) is 8.46. The van der Waals surface area contributed by atoms with Gasteiger partial charge in [-0.1, -0.05) is 39.5 Å². The van der Waals surface area contributed by atoms with Gasteiger partial charge in [0.1, 0.15) is 5.60 Å². The molecule has 2 heteroatoms. The molecule has 0 aliphatic carbocycles. The molecule has 0 aliphatic rings. The Morgan fingerprint density at radius 3 is 2.20 bits per heavy atom. The van der Waals surface area contributed by atoms with E-state index in [1.165, 1.54) is 19.3 Å². The first kappa shape index (κ1) is 14.5. The van der Waals surface area contributed by atoms with Crippen LogP contribution in [0.2, 0.25) is 0 Å². The van der Waals surface area contributed by atoms with E-state index in [1.54, 1.807) is 0 Å². The monoisotopic (exact) mass is 214 g/mol. The molecular formula is C13H26O2. The van der Waals surface area contributed by atoms with Crippen LogP contribution in [0.15, 0.2) is 0 Å². The van der Waals surface area contributed by atoms with Gasteiger partial charge in [-0.25, -0.2) is 0 Å². The van der Waals surface area contributed by atoms with Gasteiger partial charge in [0.05, 0.1) is 0 Å². The zero-order valence-electron chi connectivity index (χ0n) is 10.8. The lowest BCUT2D eigenvalue weighted by atomic mass is 10.1. The molecule has 0 saturated heterocycles. The fourth-order valence-corrected chi connectivity index (χ4v) is 1.30. The van der Waals surface area contributed by atoms with Crippen LogP contribution in [0.4, 0.5) is 0 Å². The number of rotatable bonds is 8. The summed E-state index contributed by atoms with van der Waals surface area (Å²) in [5.41, 5.74) is -0.291. The molecule has 0 fully saturated rings. The van der Waals surface area contributed by atoms with E-state index in [9.17, 15) is 4.79 Å². The molecule has 0 spiro atoms. The quantitative estimate of drug-likeness (QED) is 0.449. The Labute approximate surface area is 94.4 Å². The van der Waals surface area contributed by atoms with Crippen LogP contribution < -0.4 is 0 Å². The molecule has 0 saturated carbocycles. The SMILES string of the molecule is CCCCCCCC(=O)OC(C)(C)CC. The fraction of sp³-hybridized carbons (Fsp3) is 0.923. The van der Waals surface area contributed by atoms with Crippen molar-refractivity contribution in [2.75, 3.05) is 0 Å². The average molecular weight is 214 g/mol. The molecule has 90 valence electrons. The standard InChI is InChI=1S/C13H26O2/c1-5-7-8-9-10-11-12(14)15-13(3,4)6-2/h5-11H2,1-4H3. The van der Waals surface area contributed by atoms with Crippen LogP contribution in [0.3, 0.4) is 0 Å². The first-order valence-corrected chi connectivity index (χ1v) is 6.23. The maximum Gasteiger partial charge on any atom is 0.306 e. The molecule has 0 N–H and O–H groups in total. The summed E-state index contributed by atoms with van der Waals surface area (Å²) in [6.07, 6.45) is 7.32. The van der Waals surface area contributed by atoms with Crippen molar-refractivity contribution >= 4 is 5.97 Å². The lowest BCUT2D eigenvalue weighted by Crippen LogP contribution is -2.26. The van der Waals surface area contributed by atoms with E-state index in [0.29, 0.717) is 6.42 Å². The van der Waals surface area contributed by atoms with Gasteiger partial charge in [0.2, 0.25) is 0 Å². The summed E-state index contributed by atoms with van der Waals surface area (Å²) in [4.78, 5) is 11.4. The second kappa shape index (κ2) is 7.72. The van der Waals surface area contributed by atoms with E-state index in [2.05, 4.69) is 6.92 Å². The molecule has 15 heavy (non-hydrogen) atoms. The highest BCUT2D eigenvalue weighted by atomic mass is 16.6. The van der Waals surface area contributed by atoms with Crippen molar-refractivity contribution in [2.45, 2.75) is 78.2 Å². The van der Waals surface area contributed by atoms with Crippen molar-refractivity contribution in [3.8, 4) is 0 Å². The van der Waals surface area contributed by atoms with Gasteiger partial charge >= 0.3 is 5.97 Å². The molecule has 0 radical (unpaired) electrons. The highest BCUT2D eigenvalue weighted by molar-refractivity contribution is 5.69. The summed E-state index contributed by atoms with van der Waals surface area (Å²) < 4.78 is 5.35. The number of hydrogen-bond acceptors (Lipinski definition) is 2. The summed E-state index contributed by atoms with van der Waals surface area (Å²) in [7, 11) is 0. The van der Waals surface area contributed by atoms with E-state index in [1.807, 2.05) is 20.8 Å². The number of ether oxygens (including phenoxy) is 1. The number of unbranched alkanes of at least 4 members (excludes halogenated alkanes) is 4. The molecule has 0 unspecified atom stereocenters. The topological polar surface area (TPSA) is 26.3 Å². The van der Waals surface area contributed by atoms with Gasteiger partial charge in [0.15, 0.2) is 0 Å². The smallest absolute Gasteiger partial charge is 0.306 e. The van der Waals surface area contributed by atoms with E-state index in [0.717, 1.165) is 19.3 Å². The Bertz CT molecular complexity index is 173. The Kier molecular flexibility index (Phi) is 7.45. The van der Waals surface area contributed by atoms with E-state index >= 15 is 0 Å². The molecule has 0 amide bonds. The van der Waals surface area contributed by atoms with Crippen LogP contribution in [0.5, 0.6) is 0 Å². The summed E-state index contributed by atoms with van der Waals surface area (Å²) in [5.74, 6) is -0.0432. The second-order valence-electron chi connectivity index (χ2n) is 4.75. The molecule has 0 rings (SSSR count). The lowest BCUT2D eigenvalue weighted by Gasteiger charge is -2.23. The molecule has 0 aromatic rings. The van der Waals surface area contributed by atoms with Gasteiger partial charge in [0.25, 0.3) is 0 Å². The Morgan fingerprint density at radius 1 is 1.07 bits per heavy atom. The molecule has 0 aromatic carbocycles. The normalized spacial score (nSPS) is 11.5. The zero-order chi connectivity index (χ0) is 11.7. The van der Waals surface area contributed by atoms with Gasteiger partial charge < -0.3 is 4.74 Å². The molecule has 0 aromatic heterocycles. The van der Waals surface area contributed by atoms with Gasteiger partial charge in [0, 0.05) is 6.42 Å². The van der Waals surface area contributed by atoms with Crippen molar-refractivity contribution in [1.82, 2.24) is 0 Å². The van der Waals surface area contributed by atoms with Crippen LogP contribution in [0.25, 0.3) is 0 Å². The minimum atomic E-state index is -0.291. The summed E-state index contributed by atoms with van der Waals surface area (Å²) >= 11 is 0. The lowest BCUT2D eigenvalue weighted by molar-refractivity contribution is -0.156. The number of esters is 1. The predicted molar refractivity (Wildman–Crippen MR) is 63.8 cm³/mol. The zero-order valence-corrected chi connectivity index (χ0v) is 10.8. The highest BCUT2D eigenvalue weighted by Crippen LogP contribution is 2.15. The molecule has 0 aliphatic heterocycles. The van der Waals surface area contributed by atoms with Gasteiger partial charge in [-0.05, 0) is 26.7 Å². The van der Waals surface area contributed by atoms with Gasteiger partial charge in [-0.2, -0.15) is 0 Å². The van der Waals surface area contributed by atoms with Crippen molar-refractivity contribution in [1.29, 1.82) is 0 Å². The van der Waals surface area contributed by atoms with Crippen LogP contribution in [0.1, 0.15) is 72.6 Å². The van der Waals surface area contributed by atoms with Crippen molar-refractivity contribution in [3.63, 3.8) is 0 Å². The number of carbonyl (C=O) groups is 1. The maximum atomic E-state index is 11.4. The van der Waals surface area contributed by atoms with Gasteiger partial charge in [-0.3, -0.25) is 4.79 Å². The minimum absolute atomic E-state index is 0.0432. The highest BCUT2D eigenvalue weighted by Gasteiger charge is 2.19. The first-order valence-electron chi connectivity index (χ1n) is 6.23. The molecule has 0 atom stereocenters.